The number of nitrogens with zero attached hydrogens (tertiary/aromatic N) is 2. The van der Waals surface area contributed by atoms with E-state index in [2.05, 4.69) is 9.97 Å². The molecule has 0 atom stereocenters. The highest BCUT2D eigenvalue weighted by atomic mass is 19.1. The van der Waals surface area contributed by atoms with Gasteiger partial charge < -0.3 is 10.2 Å². The summed E-state index contributed by atoms with van der Waals surface area (Å²) in [5.41, 5.74) is 6.27. The zero-order valence-corrected chi connectivity index (χ0v) is 13.0. The van der Waals surface area contributed by atoms with Crippen LogP contribution in [-0.4, -0.2) is 9.97 Å². The van der Waals surface area contributed by atoms with Gasteiger partial charge in [0.1, 0.15) is 5.82 Å². The molecule has 4 nitrogen and oxygen atoms in total. The Hall–Kier alpha value is -3.21. The zero-order valence-electron chi connectivity index (χ0n) is 13.0. The molecular formula is C19H14FN3O. The molecule has 3 heterocycles. The summed E-state index contributed by atoms with van der Waals surface area (Å²) in [6.45, 7) is 1.98. The van der Waals surface area contributed by atoms with Gasteiger partial charge in [-0.2, -0.15) is 4.73 Å². The molecule has 0 aliphatic heterocycles. The number of aromatic nitrogens is 3. The smallest absolute Gasteiger partial charge is 0.181 e. The fraction of sp³-hybridized carbons (Fsp3) is 0.0526. The minimum atomic E-state index is -0.281. The predicted molar refractivity (Wildman–Crippen MR) is 90.6 cm³/mol. The number of nitrogens with one attached hydrogen (secondary N) is 1. The first-order valence-corrected chi connectivity index (χ1v) is 7.55. The molecule has 0 amide bonds. The Kier molecular flexibility index (Phi) is 3.27. The molecule has 0 radical (unpaired) electrons. The van der Waals surface area contributed by atoms with Crippen LogP contribution in [0.4, 0.5) is 4.39 Å². The van der Waals surface area contributed by atoms with E-state index >= 15 is 0 Å². The van der Waals surface area contributed by atoms with Crippen molar-refractivity contribution in [2.45, 2.75) is 6.92 Å². The summed E-state index contributed by atoms with van der Waals surface area (Å²) in [4.78, 5) is 7.94. The summed E-state index contributed by atoms with van der Waals surface area (Å²) >= 11 is 0. The molecule has 0 aliphatic carbocycles. The van der Waals surface area contributed by atoms with Gasteiger partial charge in [-0.25, -0.2) is 4.39 Å². The maximum absolute atomic E-state index is 13.3. The molecule has 24 heavy (non-hydrogen) atoms. The Labute approximate surface area is 137 Å². The van der Waals surface area contributed by atoms with Gasteiger partial charge >= 0.3 is 0 Å². The van der Waals surface area contributed by atoms with Gasteiger partial charge in [0.2, 0.25) is 0 Å². The molecule has 1 aromatic carbocycles. The van der Waals surface area contributed by atoms with Crippen molar-refractivity contribution >= 4 is 11.0 Å². The number of hydrogen-bond acceptors (Lipinski definition) is 2. The largest absolute Gasteiger partial charge is 0.619 e. The molecule has 4 aromatic rings. The molecule has 118 valence electrons. The van der Waals surface area contributed by atoms with Crippen LogP contribution in [0, 0.1) is 17.9 Å². The highest BCUT2D eigenvalue weighted by molar-refractivity contribution is 6.01. The molecule has 3 aromatic heterocycles. The van der Waals surface area contributed by atoms with Gasteiger partial charge in [0.15, 0.2) is 12.4 Å². The molecule has 1 N–H and O–H groups in total. The van der Waals surface area contributed by atoms with Gasteiger partial charge in [0.25, 0.3) is 0 Å². The van der Waals surface area contributed by atoms with Gasteiger partial charge in [0.05, 0.1) is 16.7 Å². The lowest BCUT2D eigenvalue weighted by Gasteiger charge is -2.05. The number of aromatic amines is 1. The Morgan fingerprint density at radius 1 is 1.04 bits per heavy atom. The Morgan fingerprint density at radius 3 is 2.46 bits per heavy atom. The third kappa shape index (κ3) is 2.40. The number of aryl methyl sites for hydroxylation is 1. The van der Waals surface area contributed by atoms with Crippen LogP contribution in [0.15, 0.2) is 61.1 Å². The van der Waals surface area contributed by atoms with Crippen molar-refractivity contribution < 1.29 is 9.12 Å². The van der Waals surface area contributed by atoms with Crippen LogP contribution in [-0.2, 0) is 0 Å². The van der Waals surface area contributed by atoms with Crippen molar-refractivity contribution in [3.8, 4) is 22.4 Å². The first kappa shape index (κ1) is 14.4. The minimum absolute atomic E-state index is 0.281. The van der Waals surface area contributed by atoms with Gasteiger partial charge in [-0.15, -0.1) is 0 Å². The lowest BCUT2D eigenvalue weighted by molar-refractivity contribution is -0.605. The van der Waals surface area contributed by atoms with Crippen LogP contribution in [0.1, 0.15) is 5.56 Å². The van der Waals surface area contributed by atoms with E-state index in [1.807, 2.05) is 19.2 Å². The second-order valence-electron chi connectivity index (χ2n) is 5.74. The van der Waals surface area contributed by atoms with Crippen LogP contribution >= 0.6 is 0 Å². The van der Waals surface area contributed by atoms with Crippen molar-refractivity contribution in [1.82, 2.24) is 9.97 Å². The van der Waals surface area contributed by atoms with E-state index in [-0.39, 0.29) is 5.82 Å². The van der Waals surface area contributed by atoms with Crippen molar-refractivity contribution in [1.29, 1.82) is 0 Å². The van der Waals surface area contributed by atoms with E-state index in [0.29, 0.717) is 0 Å². The van der Waals surface area contributed by atoms with E-state index < -0.39 is 0 Å². The van der Waals surface area contributed by atoms with Crippen LogP contribution in [0.5, 0.6) is 0 Å². The first-order chi connectivity index (χ1) is 11.6. The highest BCUT2D eigenvalue weighted by Crippen LogP contribution is 2.37. The monoisotopic (exact) mass is 319 g/mol. The molecule has 0 spiro atoms. The fourth-order valence-corrected chi connectivity index (χ4v) is 2.87. The summed E-state index contributed by atoms with van der Waals surface area (Å²) in [5.74, 6) is -0.281. The second kappa shape index (κ2) is 5.45. The molecular weight excluding hydrogens is 305 g/mol. The van der Waals surface area contributed by atoms with Gasteiger partial charge in [-0.3, -0.25) is 4.98 Å². The highest BCUT2D eigenvalue weighted by Gasteiger charge is 2.17. The van der Waals surface area contributed by atoms with E-state index in [4.69, 9.17) is 0 Å². The van der Waals surface area contributed by atoms with Crippen LogP contribution in [0.2, 0.25) is 0 Å². The Balaban J connectivity index is 2.02. The van der Waals surface area contributed by atoms with Crippen molar-refractivity contribution in [3.05, 3.63) is 77.6 Å². The average Bonchev–Trinajstić information content (AvgIpc) is 2.94. The predicted octanol–water partition coefficient (Wildman–Crippen LogP) is 3.98. The lowest BCUT2D eigenvalue weighted by atomic mass is 10.0. The molecule has 0 bridgehead atoms. The first-order valence-electron chi connectivity index (χ1n) is 7.55. The maximum atomic E-state index is 13.3. The summed E-state index contributed by atoms with van der Waals surface area (Å²) in [6.07, 6.45) is 4.71. The minimum Gasteiger partial charge on any atom is -0.619 e. The SMILES string of the molecule is Cc1cnc2c(-c3ccc(F)cc3)c(-c3cc[n+]([O-])cc3)[nH]c2c1. The number of halogens is 1. The second-order valence-corrected chi connectivity index (χ2v) is 5.74. The van der Waals surface area contributed by atoms with Crippen molar-refractivity contribution in [3.63, 3.8) is 0 Å². The lowest BCUT2D eigenvalue weighted by Crippen LogP contribution is -2.23. The quantitative estimate of drug-likeness (QED) is 0.449. The van der Waals surface area contributed by atoms with E-state index in [1.165, 1.54) is 24.5 Å². The molecule has 0 saturated heterocycles. The summed E-state index contributed by atoms with van der Waals surface area (Å²) in [7, 11) is 0. The number of benzene rings is 1. The van der Waals surface area contributed by atoms with Gasteiger partial charge in [0, 0.05) is 29.5 Å². The number of rotatable bonds is 2. The molecule has 0 fully saturated rings. The van der Waals surface area contributed by atoms with Crippen molar-refractivity contribution in [2.75, 3.05) is 0 Å². The third-order valence-corrected chi connectivity index (χ3v) is 3.99. The topological polar surface area (TPSA) is 55.6 Å². The molecule has 0 saturated carbocycles. The summed E-state index contributed by atoms with van der Waals surface area (Å²) in [6, 6.07) is 11.9. The summed E-state index contributed by atoms with van der Waals surface area (Å²) in [5, 5.41) is 11.3. The van der Waals surface area contributed by atoms with E-state index in [9.17, 15) is 9.60 Å². The van der Waals surface area contributed by atoms with Gasteiger partial charge in [-0.1, -0.05) is 12.1 Å². The molecule has 5 heteroatoms. The number of hydrogen-bond donors (Lipinski definition) is 1. The average molecular weight is 319 g/mol. The van der Waals surface area contributed by atoms with Crippen LogP contribution < -0.4 is 4.73 Å². The zero-order chi connectivity index (χ0) is 16.7. The van der Waals surface area contributed by atoms with E-state index in [0.717, 1.165) is 43.7 Å². The molecule has 0 aliphatic rings. The van der Waals surface area contributed by atoms with Crippen molar-refractivity contribution in [2.24, 2.45) is 0 Å². The fourth-order valence-electron chi connectivity index (χ4n) is 2.87. The van der Waals surface area contributed by atoms with E-state index in [1.54, 1.807) is 24.3 Å². The Morgan fingerprint density at radius 2 is 1.75 bits per heavy atom. The number of H-pyrrole nitrogens is 1. The van der Waals surface area contributed by atoms with Crippen LogP contribution in [0.25, 0.3) is 33.4 Å². The third-order valence-electron chi connectivity index (χ3n) is 3.99. The summed E-state index contributed by atoms with van der Waals surface area (Å²) < 4.78 is 14.0. The maximum Gasteiger partial charge on any atom is 0.181 e. The number of pyridine rings is 2. The standard InChI is InChI=1S/C19H14FN3O/c1-12-10-16-19(21-11-12)17(13-2-4-15(20)5-3-13)18(22-16)14-6-8-23(24)9-7-14/h2-11,22H,1H3. The normalized spacial score (nSPS) is 11.1. The Bertz CT molecular complexity index is 1020. The molecule has 4 rings (SSSR count). The van der Waals surface area contributed by atoms with Gasteiger partial charge in [-0.05, 0) is 36.2 Å². The number of fused-ring (bicyclic) bond motifs is 1. The molecule has 0 unspecified atom stereocenters. The van der Waals surface area contributed by atoms with Crippen LogP contribution in [0.3, 0.4) is 0 Å².